The van der Waals surface area contributed by atoms with Gasteiger partial charge < -0.3 is 14.9 Å². The summed E-state index contributed by atoms with van der Waals surface area (Å²) in [5, 5.41) is 20.5. The summed E-state index contributed by atoms with van der Waals surface area (Å²) in [6.45, 7) is 4.09. The summed E-state index contributed by atoms with van der Waals surface area (Å²) in [6, 6.07) is 0. The summed E-state index contributed by atoms with van der Waals surface area (Å²) in [5.41, 5.74) is -0.704. The van der Waals surface area contributed by atoms with Crippen molar-refractivity contribution in [2.75, 3.05) is 0 Å². The van der Waals surface area contributed by atoms with Gasteiger partial charge in [-0.05, 0) is 43.9 Å². The van der Waals surface area contributed by atoms with E-state index in [1.54, 1.807) is 0 Å². The molecule has 0 aromatic rings. The summed E-state index contributed by atoms with van der Waals surface area (Å²) in [5.74, 6) is 1.45. The van der Waals surface area contributed by atoms with E-state index in [1.165, 1.54) is 0 Å². The van der Waals surface area contributed by atoms with Crippen molar-refractivity contribution in [3.05, 3.63) is 0 Å². The van der Waals surface area contributed by atoms with Gasteiger partial charge in [0.2, 0.25) is 0 Å². The number of aliphatic hydroxyl groups is 2. The topological polar surface area (TPSA) is 49.7 Å². The van der Waals surface area contributed by atoms with E-state index in [-0.39, 0.29) is 11.5 Å². The number of hydrogen-bond acceptors (Lipinski definition) is 3. The molecule has 4 aliphatic carbocycles. The molecule has 0 spiro atoms. The summed E-state index contributed by atoms with van der Waals surface area (Å²) >= 11 is 0. The zero-order valence-electron chi connectivity index (χ0n) is 10.9. The molecule has 4 bridgehead atoms. The first kappa shape index (κ1) is 11.9. The average molecular weight is 240 g/mol. The maximum atomic E-state index is 10.4. The first-order chi connectivity index (χ1) is 7.95. The van der Waals surface area contributed by atoms with E-state index in [2.05, 4.69) is 6.92 Å². The Kier molecular flexibility index (Phi) is 2.59. The molecule has 0 amide bonds. The molecule has 98 valence electrons. The van der Waals surface area contributed by atoms with E-state index < -0.39 is 11.9 Å². The van der Waals surface area contributed by atoms with Crippen LogP contribution in [0.1, 0.15) is 52.4 Å². The lowest BCUT2D eigenvalue weighted by molar-refractivity contribution is -0.235. The van der Waals surface area contributed by atoms with Crippen molar-refractivity contribution < 1.29 is 14.9 Å². The van der Waals surface area contributed by atoms with Crippen LogP contribution in [0.4, 0.5) is 0 Å². The Morgan fingerprint density at radius 1 is 1.24 bits per heavy atom. The molecular weight excluding hydrogens is 216 g/mol. The minimum Gasteiger partial charge on any atom is -0.390 e. The van der Waals surface area contributed by atoms with Gasteiger partial charge in [-0.25, -0.2) is 0 Å². The molecular formula is C14H24O3. The highest BCUT2D eigenvalue weighted by molar-refractivity contribution is 5.14. The third kappa shape index (κ3) is 1.83. The maximum Gasteiger partial charge on any atom is 0.157 e. The molecule has 0 aliphatic heterocycles. The van der Waals surface area contributed by atoms with Crippen LogP contribution in [0.3, 0.4) is 0 Å². The predicted octanol–water partition coefficient (Wildman–Crippen LogP) is 2.06. The predicted molar refractivity (Wildman–Crippen MR) is 64.3 cm³/mol. The van der Waals surface area contributed by atoms with Crippen molar-refractivity contribution in [1.82, 2.24) is 0 Å². The van der Waals surface area contributed by atoms with Crippen molar-refractivity contribution in [2.24, 2.45) is 17.8 Å². The molecule has 4 fully saturated rings. The van der Waals surface area contributed by atoms with E-state index in [0.29, 0.717) is 11.8 Å². The molecule has 3 heteroatoms. The lowest BCUT2D eigenvalue weighted by atomic mass is 9.75. The van der Waals surface area contributed by atoms with Crippen molar-refractivity contribution in [2.45, 2.75) is 69.9 Å². The molecule has 2 N–H and O–H groups in total. The molecule has 17 heavy (non-hydrogen) atoms. The first-order valence-electron chi connectivity index (χ1n) is 7.04. The molecule has 4 atom stereocenters. The van der Waals surface area contributed by atoms with E-state index in [1.807, 2.05) is 6.92 Å². The Bertz CT molecular complexity index is 301. The monoisotopic (exact) mass is 240 g/mol. The van der Waals surface area contributed by atoms with Crippen LogP contribution in [-0.4, -0.2) is 27.7 Å². The van der Waals surface area contributed by atoms with Gasteiger partial charge in [-0.3, -0.25) is 0 Å². The second kappa shape index (κ2) is 3.69. The minimum atomic E-state index is -0.667. The van der Waals surface area contributed by atoms with Gasteiger partial charge in [-0.1, -0.05) is 13.8 Å². The van der Waals surface area contributed by atoms with Gasteiger partial charge >= 0.3 is 0 Å². The largest absolute Gasteiger partial charge is 0.390 e. The Balaban J connectivity index is 1.72. The number of aliphatic hydroxyl groups excluding tert-OH is 1. The molecule has 4 unspecified atom stereocenters. The molecule has 4 rings (SSSR count). The van der Waals surface area contributed by atoms with Crippen molar-refractivity contribution >= 4 is 0 Å². The SMILES string of the molecule is CCC(C)C(O)OC12CC3CC(O)(CC3C1)C2. The standard InChI is InChI=1S/C14H24O3/c1-3-9(2)12(15)17-14-6-10-4-13(16,8-14)5-11(10)7-14/h9-12,15-16H,3-8H2,1-2H3. The summed E-state index contributed by atoms with van der Waals surface area (Å²) in [4.78, 5) is 0. The molecule has 0 aromatic carbocycles. The van der Waals surface area contributed by atoms with Crippen LogP contribution >= 0.6 is 0 Å². The Labute approximate surface area is 103 Å². The highest BCUT2D eigenvalue weighted by atomic mass is 16.6. The van der Waals surface area contributed by atoms with Crippen LogP contribution in [0.25, 0.3) is 0 Å². The third-order valence-corrected chi connectivity index (χ3v) is 5.37. The van der Waals surface area contributed by atoms with E-state index in [4.69, 9.17) is 4.74 Å². The van der Waals surface area contributed by atoms with Crippen LogP contribution < -0.4 is 0 Å². The Hall–Kier alpha value is -0.120. The summed E-state index contributed by atoms with van der Waals surface area (Å²) in [6.07, 6.45) is 5.01. The molecule has 3 nitrogen and oxygen atoms in total. The van der Waals surface area contributed by atoms with Crippen LogP contribution in [0.5, 0.6) is 0 Å². The average Bonchev–Trinajstić information content (AvgIpc) is 2.60. The van der Waals surface area contributed by atoms with E-state index >= 15 is 0 Å². The molecule has 0 heterocycles. The van der Waals surface area contributed by atoms with E-state index in [0.717, 1.165) is 38.5 Å². The fourth-order valence-electron chi connectivity index (χ4n) is 4.51. The maximum absolute atomic E-state index is 10.4. The molecule has 4 saturated carbocycles. The van der Waals surface area contributed by atoms with Gasteiger partial charge in [0.1, 0.15) is 0 Å². The van der Waals surface area contributed by atoms with Gasteiger partial charge in [0.15, 0.2) is 6.29 Å². The minimum absolute atomic E-state index is 0.177. The van der Waals surface area contributed by atoms with Crippen LogP contribution in [0, 0.1) is 17.8 Å². The lowest BCUT2D eigenvalue weighted by Gasteiger charge is -2.44. The van der Waals surface area contributed by atoms with E-state index in [9.17, 15) is 10.2 Å². The smallest absolute Gasteiger partial charge is 0.157 e. The lowest BCUT2D eigenvalue weighted by Crippen LogP contribution is -2.48. The van der Waals surface area contributed by atoms with Crippen LogP contribution in [-0.2, 0) is 4.74 Å². The highest BCUT2D eigenvalue weighted by Crippen LogP contribution is 2.63. The second-order valence-electron chi connectivity index (χ2n) is 6.81. The normalized spacial score (nSPS) is 50.8. The fourth-order valence-corrected chi connectivity index (χ4v) is 4.51. The number of ether oxygens (including phenoxy) is 1. The van der Waals surface area contributed by atoms with Gasteiger partial charge in [-0.2, -0.15) is 0 Å². The van der Waals surface area contributed by atoms with Crippen molar-refractivity contribution in [1.29, 1.82) is 0 Å². The first-order valence-corrected chi connectivity index (χ1v) is 7.04. The summed E-state index contributed by atoms with van der Waals surface area (Å²) in [7, 11) is 0. The molecule has 0 saturated heterocycles. The Morgan fingerprint density at radius 3 is 2.29 bits per heavy atom. The quantitative estimate of drug-likeness (QED) is 0.740. The number of rotatable bonds is 4. The zero-order valence-corrected chi connectivity index (χ0v) is 10.9. The molecule has 4 aliphatic rings. The third-order valence-electron chi connectivity index (χ3n) is 5.37. The molecule has 0 radical (unpaired) electrons. The summed E-state index contributed by atoms with van der Waals surface area (Å²) < 4.78 is 5.98. The Morgan fingerprint density at radius 2 is 1.82 bits per heavy atom. The fraction of sp³-hybridized carbons (Fsp3) is 1.00. The van der Waals surface area contributed by atoms with Crippen LogP contribution in [0.2, 0.25) is 0 Å². The highest BCUT2D eigenvalue weighted by Gasteiger charge is 2.63. The van der Waals surface area contributed by atoms with Gasteiger partial charge in [0.25, 0.3) is 0 Å². The number of hydrogen-bond donors (Lipinski definition) is 2. The molecule has 0 aromatic heterocycles. The van der Waals surface area contributed by atoms with Gasteiger partial charge in [-0.15, -0.1) is 0 Å². The van der Waals surface area contributed by atoms with Crippen molar-refractivity contribution in [3.63, 3.8) is 0 Å². The zero-order chi connectivity index (χ0) is 12.3. The van der Waals surface area contributed by atoms with Gasteiger partial charge in [0.05, 0.1) is 11.2 Å². The second-order valence-corrected chi connectivity index (χ2v) is 6.81. The van der Waals surface area contributed by atoms with Crippen LogP contribution in [0.15, 0.2) is 0 Å². The van der Waals surface area contributed by atoms with Crippen molar-refractivity contribution in [3.8, 4) is 0 Å². The van der Waals surface area contributed by atoms with Gasteiger partial charge in [0, 0.05) is 12.3 Å².